The van der Waals surface area contributed by atoms with Crippen molar-refractivity contribution in [2.45, 2.75) is 58.4 Å². The van der Waals surface area contributed by atoms with Gasteiger partial charge in [0, 0.05) is 70.5 Å². The molecule has 2 aliphatic heterocycles. The predicted molar refractivity (Wildman–Crippen MR) is 132 cm³/mol. The number of hydrogen-bond acceptors (Lipinski definition) is 6. The molecule has 172 valence electrons. The number of fused-ring (bicyclic) bond motifs is 1. The summed E-state index contributed by atoms with van der Waals surface area (Å²) in [5.74, 6) is 1.85. The fourth-order valence-corrected chi connectivity index (χ4v) is 5.49. The summed E-state index contributed by atoms with van der Waals surface area (Å²) in [4.78, 5) is 5.15. The number of benzene rings is 1. The molecule has 6 nitrogen and oxygen atoms in total. The van der Waals surface area contributed by atoms with Crippen molar-refractivity contribution >= 4 is 28.9 Å². The molecule has 2 aliphatic rings. The van der Waals surface area contributed by atoms with E-state index in [2.05, 4.69) is 64.5 Å². The molecule has 31 heavy (non-hydrogen) atoms. The molecule has 0 radical (unpaired) electrons. The zero-order valence-corrected chi connectivity index (χ0v) is 20.5. The fraction of sp³-hybridized carbons (Fsp3) is 0.708. The lowest BCUT2D eigenvalue weighted by Crippen LogP contribution is -2.41. The lowest BCUT2D eigenvalue weighted by molar-refractivity contribution is 0.0966. The molecule has 1 N–H and O–H groups in total. The Morgan fingerprint density at radius 2 is 1.97 bits per heavy atom. The van der Waals surface area contributed by atoms with Crippen molar-refractivity contribution in [3.63, 3.8) is 0 Å². The molecule has 0 bridgehead atoms. The first kappa shape index (κ1) is 22.9. The average Bonchev–Trinajstić information content (AvgIpc) is 3.09. The number of nitrogens with zero attached hydrogens (tertiary/aromatic N) is 4. The Kier molecular flexibility index (Phi) is 7.47. The van der Waals surface area contributed by atoms with E-state index in [1.54, 1.807) is 0 Å². The van der Waals surface area contributed by atoms with Crippen LogP contribution in [0.2, 0.25) is 0 Å². The largest absolute Gasteiger partial charge is 0.381 e. The molecule has 0 spiro atoms. The predicted octanol–water partition coefficient (Wildman–Crippen LogP) is 4.45. The average molecular weight is 446 g/mol. The third-order valence-corrected chi connectivity index (χ3v) is 7.39. The quantitative estimate of drug-likeness (QED) is 0.687. The minimum absolute atomic E-state index is 0.0127. The van der Waals surface area contributed by atoms with Crippen LogP contribution in [0.5, 0.6) is 0 Å². The van der Waals surface area contributed by atoms with Gasteiger partial charge in [-0.2, -0.15) is 0 Å². The van der Waals surface area contributed by atoms with Crippen molar-refractivity contribution in [3.8, 4) is 0 Å². The summed E-state index contributed by atoms with van der Waals surface area (Å²) in [6, 6.07) is 6.79. The third kappa shape index (κ3) is 5.75. The van der Waals surface area contributed by atoms with E-state index in [-0.39, 0.29) is 5.41 Å². The topological polar surface area (TPSA) is 45.6 Å². The van der Waals surface area contributed by atoms with Crippen LogP contribution in [0.15, 0.2) is 18.2 Å². The zero-order chi connectivity index (χ0) is 21.8. The molecule has 0 saturated carbocycles. The molecule has 1 atom stereocenters. The Morgan fingerprint density at radius 3 is 2.74 bits per heavy atom. The minimum atomic E-state index is 0.0127. The zero-order valence-electron chi connectivity index (χ0n) is 19.7. The molecule has 2 fully saturated rings. The van der Waals surface area contributed by atoms with Gasteiger partial charge in [0.25, 0.3) is 0 Å². The molecule has 1 unspecified atom stereocenters. The number of hydrogen-bond donors (Lipinski definition) is 1. The maximum absolute atomic E-state index is 5.77. The van der Waals surface area contributed by atoms with Gasteiger partial charge in [-0.1, -0.05) is 27.2 Å². The highest BCUT2D eigenvalue weighted by Gasteiger charge is 2.25. The van der Waals surface area contributed by atoms with Gasteiger partial charge in [0.05, 0.1) is 16.7 Å². The van der Waals surface area contributed by atoms with Crippen LogP contribution < -0.4 is 9.62 Å². The molecule has 0 aliphatic carbocycles. The van der Waals surface area contributed by atoms with Gasteiger partial charge < -0.3 is 18.9 Å². The fourth-order valence-electron chi connectivity index (χ4n) is 4.59. The first-order valence-corrected chi connectivity index (χ1v) is 12.6. The van der Waals surface area contributed by atoms with Gasteiger partial charge in [0.1, 0.15) is 5.82 Å². The van der Waals surface area contributed by atoms with E-state index < -0.39 is 0 Å². The SMILES string of the molecule is CN(SN1CCNCC1)c1ccc2c(c1)nc(C(C)(C)C)n2CC1CCCCOCC1. The summed E-state index contributed by atoms with van der Waals surface area (Å²) >= 11 is 1.81. The lowest BCUT2D eigenvalue weighted by Gasteiger charge is -2.30. The summed E-state index contributed by atoms with van der Waals surface area (Å²) < 4.78 is 13.0. The standard InChI is InChI=1S/C24H39N5OS/c1-24(2,3)23-26-21-17-20(27(4)31-28-13-11-25-12-14-28)8-9-22(21)29(23)18-19-7-5-6-15-30-16-10-19/h8-9,17,19,25H,5-7,10-16,18H2,1-4H3. The van der Waals surface area contributed by atoms with Crippen molar-refractivity contribution in [1.29, 1.82) is 0 Å². The second kappa shape index (κ2) is 10.1. The van der Waals surface area contributed by atoms with Crippen molar-refractivity contribution in [2.75, 3.05) is 50.7 Å². The minimum Gasteiger partial charge on any atom is -0.381 e. The molecule has 2 aromatic rings. The second-order valence-electron chi connectivity index (χ2n) is 9.99. The molecule has 7 heteroatoms. The van der Waals surface area contributed by atoms with Gasteiger partial charge in [0.2, 0.25) is 0 Å². The van der Waals surface area contributed by atoms with Crippen molar-refractivity contribution in [3.05, 3.63) is 24.0 Å². The number of rotatable bonds is 5. The Labute approximate surface area is 192 Å². The van der Waals surface area contributed by atoms with Crippen LogP contribution in [0.4, 0.5) is 5.69 Å². The van der Waals surface area contributed by atoms with Crippen molar-refractivity contribution in [2.24, 2.45) is 5.92 Å². The molecule has 1 aromatic carbocycles. The smallest absolute Gasteiger partial charge is 0.115 e. The van der Waals surface area contributed by atoms with E-state index in [0.29, 0.717) is 5.92 Å². The Balaban J connectivity index is 1.58. The summed E-state index contributed by atoms with van der Waals surface area (Å²) in [5.41, 5.74) is 3.59. The summed E-state index contributed by atoms with van der Waals surface area (Å²) in [6.07, 6.45) is 4.88. The number of imidazole rings is 1. The van der Waals surface area contributed by atoms with Gasteiger partial charge in [0.15, 0.2) is 0 Å². The monoisotopic (exact) mass is 445 g/mol. The highest BCUT2D eigenvalue weighted by molar-refractivity contribution is 7.98. The molecule has 3 heterocycles. The normalized spacial score (nSPS) is 21.7. The van der Waals surface area contributed by atoms with Crippen LogP contribution in [-0.4, -0.2) is 60.3 Å². The molecule has 4 rings (SSSR count). The van der Waals surface area contributed by atoms with Crippen LogP contribution in [0, 0.1) is 5.92 Å². The van der Waals surface area contributed by atoms with Gasteiger partial charge in [-0.15, -0.1) is 0 Å². The van der Waals surface area contributed by atoms with Crippen LogP contribution in [-0.2, 0) is 16.7 Å². The first-order chi connectivity index (χ1) is 14.9. The molecule has 2 saturated heterocycles. The Morgan fingerprint density at radius 1 is 1.16 bits per heavy atom. The van der Waals surface area contributed by atoms with Crippen molar-refractivity contribution in [1.82, 2.24) is 19.2 Å². The molecular weight excluding hydrogens is 406 g/mol. The van der Waals surface area contributed by atoms with E-state index in [0.717, 1.165) is 57.9 Å². The lowest BCUT2D eigenvalue weighted by atomic mass is 9.94. The highest BCUT2D eigenvalue weighted by atomic mass is 32.2. The number of nitrogens with one attached hydrogen (secondary N) is 1. The van der Waals surface area contributed by atoms with E-state index in [1.165, 1.54) is 36.3 Å². The van der Waals surface area contributed by atoms with Gasteiger partial charge >= 0.3 is 0 Å². The van der Waals surface area contributed by atoms with Crippen LogP contribution in [0.1, 0.15) is 52.3 Å². The van der Waals surface area contributed by atoms with Crippen LogP contribution in [0.25, 0.3) is 11.0 Å². The highest BCUT2D eigenvalue weighted by Crippen LogP contribution is 2.32. The summed E-state index contributed by atoms with van der Waals surface area (Å²) in [5, 5.41) is 3.42. The van der Waals surface area contributed by atoms with Gasteiger partial charge in [-0.3, -0.25) is 0 Å². The first-order valence-electron chi connectivity index (χ1n) is 11.9. The van der Waals surface area contributed by atoms with E-state index in [4.69, 9.17) is 9.72 Å². The summed E-state index contributed by atoms with van der Waals surface area (Å²) in [7, 11) is 2.16. The van der Waals surface area contributed by atoms with E-state index in [1.807, 2.05) is 12.1 Å². The summed E-state index contributed by atoms with van der Waals surface area (Å²) in [6.45, 7) is 14.0. The second-order valence-corrected chi connectivity index (χ2v) is 11.2. The number of aromatic nitrogens is 2. The van der Waals surface area contributed by atoms with Crippen LogP contribution in [0.3, 0.4) is 0 Å². The van der Waals surface area contributed by atoms with Crippen LogP contribution >= 0.6 is 12.1 Å². The molecular formula is C24H39N5OS. The van der Waals surface area contributed by atoms with E-state index >= 15 is 0 Å². The number of anilines is 1. The Bertz CT molecular complexity index is 848. The molecule has 0 amide bonds. The van der Waals surface area contributed by atoms with Gasteiger partial charge in [-0.05, 0) is 43.4 Å². The maximum Gasteiger partial charge on any atom is 0.115 e. The third-order valence-electron chi connectivity index (χ3n) is 6.34. The van der Waals surface area contributed by atoms with Crippen molar-refractivity contribution < 1.29 is 4.74 Å². The maximum atomic E-state index is 5.77. The Hall–Kier alpha value is -1.28. The molecule has 1 aromatic heterocycles. The number of ether oxygens (including phenoxy) is 1. The van der Waals surface area contributed by atoms with E-state index in [9.17, 15) is 0 Å². The van der Waals surface area contributed by atoms with Gasteiger partial charge in [-0.25, -0.2) is 9.29 Å². The number of piperazine rings is 1.